The van der Waals surface area contributed by atoms with Crippen LogP contribution in [0.5, 0.6) is 0 Å². The molecule has 2 atom stereocenters. The van der Waals surface area contributed by atoms with Crippen molar-refractivity contribution < 1.29 is 29.1 Å². The van der Waals surface area contributed by atoms with E-state index in [9.17, 15) is 24.0 Å². The first-order valence-electron chi connectivity index (χ1n) is 8.42. The molecule has 1 fully saturated rings. The van der Waals surface area contributed by atoms with E-state index < -0.39 is 36.3 Å². The summed E-state index contributed by atoms with van der Waals surface area (Å²) in [7, 11) is 0. The fourth-order valence-electron chi connectivity index (χ4n) is 3.00. The molecule has 0 aromatic heterocycles. The summed E-state index contributed by atoms with van der Waals surface area (Å²) in [5.74, 6) is -3.48. The van der Waals surface area contributed by atoms with Crippen LogP contribution in [0.25, 0.3) is 0 Å². The van der Waals surface area contributed by atoms with Gasteiger partial charge in [-0.1, -0.05) is 13.3 Å². The monoisotopic (exact) mass is 355 g/mol. The Morgan fingerprint density at radius 2 is 2.00 bits per heavy atom. The molecule has 3 amide bonds. The van der Waals surface area contributed by atoms with Gasteiger partial charge in [0.15, 0.2) is 0 Å². The first-order chi connectivity index (χ1) is 11.9. The molecule has 1 aliphatic rings. The molecular formula is C16H25N3O6. The zero-order valence-corrected chi connectivity index (χ0v) is 14.6. The van der Waals surface area contributed by atoms with Crippen LogP contribution in [0.2, 0.25) is 0 Å². The minimum Gasteiger partial charge on any atom is -0.480 e. The lowest BCUT2D eigenvalue weighted by Crippen LogP contribution is -2.54. The predicted octanol–water partition coefficient (Wildman–Crippen LogP) is -0.606. The van der Waals surface area contributed by atoms with Crippen molar-refractivity contribution in [2.24, 2.45) is 0 Å². The van der Waals surface area contributed by atoms with Crippen LogP contribution in [0.1, 0.15) is 39.5 Å². The van der Waals surface area contributed by atoms with E-state index in [4.69, 9.17) is 5.11 Å². The Hall–Kier alpha value is -2.45. The van der Waals surface area contributed by atoms with Crippen molar-refractivity contribution in [2.75, 3.05) is 19.6 Å². The highest BCUT2D eigenvalue weighted by molar-refractivity contribution is 6.38. The van der Waals surface area contributed by atoms with Crippen LogP contribution in [0, 0.1) is 0 Å². The van der Waals surface area contributed by atoms with E-state index in [1.807, 2.05) is 12.2 Å². The zero-order chi connectivity index (χ0) is 19.0. The number of carboxylic acid groups (broad SMARTS) is 1. The van der Waals surface area contributed by atoms with Crippen LogP contribution in [0.15, 0.2) is 0 Å². The third-order valence-corrected chi connectivity index (χ3v) is 4.20. The van der Waals surface area contributed by atoms with Crippen LogP contribution in [-0.4, -0.2) is 76.6 Å². The van der Waals surface area contributed by atoms with Gasteiger partial charge in [0.2, 0.25) is 18.1 Å². The van der Waals surface area contributed by atoms with Gasteiger partial charge in [0.25, 0.3) is 5.91 Å². The van der Waals surface area contributed by atoms with Crippen LogP contribution in [0.4, 0.5) is 0 Å². The first-order valence-corrected chi connectivity index (χ1v) is 8.42. The lowest BCUT2D eigenvalue weighted by Gasteiger charge is -2.33. The SMILES string of the molecule is CCCC(C(=O)C(=O)NCC(=O)O)N(CC)C(=O)C1CCCN1C=O. The highest BCUT2D eigenvalue weighted by Gasteiger charge is 2.38. The van der Waals surface area contributed by atoms with Crippen molar-refractivity contribution in [3.63, 3.8) is 0 Å². The van der Waals surface area contributed by atoms with E-state index in [1.54, 1.807) is 6.92 Å². The molecule has 140 valence electrons. The number of likely N-dealkylation sites (N-methyl/N-ethyl adjacent to an activating group) is 1. The second-order valence-electron chi connectivity index (χ2n) is 5.87. The van der Waals surface area contributed by atoms with Gasteiger partial charge < -0.3 is 20.2 Å². The highest BCUT2D eigenvalue weighted by Crippen LogP contribution is 2.20. The van der Waals surface area contributed by atoms with Gasteiger partial charge in [0, 0.05) is 13.1 Å². The maximum Gasteiger partial charge on any atom is 0.322 e. The summed E-state index contributed by atoms with van der Waals surface area (Å²) in [6, 6.07) is -1.59. The van der Waals surface area contributed by atoms with E-state index in [0.717, 1.165) is 0 Å². The number of nitrogens with one attached hydrogen (secondary N) is 1. The van der Waals surface area contributed by atoms with Crippen LogP contribution in [-0.2, 0) is 24.0 Å². The van der Waals surface area contributed by atoms with E-state index in [0.29, 0.717) is 32.2 Å². The number of hydrogen-bond donors (Lipinski definition) is 2. The van der Waals surface area contributed by atoms with Gasteiger partial charge in [0.05, 0.1) is 0 Å². The van der Waals surface area contributed by atoms with Crippen LogP contribution < -0.4 is 5.32 Å². The average Bonchev–Trinajstić information content (AvgIpc) is 3.07. The Morgan fingerprint density at radius 3 is 2.52 bits per heavy atom. The number of carbonyl (C=O) groups excluding carboxylic acids is 4. The highest BCUT2D eigenvalue weighted by atomic mass is 16.4. The molecule has 9 heteroatoms. The molecule has 1 saturated heterocycles. The predicted molar refractivity (Wildman–Crippen MR) is 87.5 cm³/mol. The quantitative estimate of drug-likeness (QED) is 0.398. The summed E-state index contributed by atoms with van der Waals surface area (Å²) in [5.41, 5.74) is 0. The number of rotatable bonds is 10. The van der Waals surface area contributed by atoms with Crippen molar-refractivity contribution in [3.05, 3.63) is 0 Å². The third-order valence-electron chi connectivity index (χ3n) is 4.20. The number of amides is 3. The largest absolute Gasteiger partial charge is 0.480 e. The molecule has 2 N–H and O–H groups in total. The summed E-state index contributed by atoms with van der Waals surface area (Å²) in [6.45, 7) is 3.56. The summed E-state index contributed by atoms with van der Waals surface area (Å²) in [5, 5.41) is 10.6. The minimum absolute atomic E-state index is 0.213. The minimum atomic E-state index is -1.26. The van der Waals surface area contributed by atoms with Gasteiger partial charge in [-0.3, -0.25) is 24.0 Å². The normalized spacial score (nSPS) is 17.7. The van der Waals surface area contributed by atoms with Gasteiger partial charge in [-0.2, -0.15) is 0 Å². The molecule has 0 saturated carbocycles. The molecule has 1 rings (SSSR count). The third kappa shape index (κ3) is 5.27. The van der Waals surface area contributed by atoms with E-state index in [-0.39, 0.29) is 18.9 Å². The smallest absolute Gasteiger partial charge is 0.322 e. The standard InChI is InChI=1S/C16H25N3O6/c1-3-6-11(14(23)15(24)17-9-13(21)22)19(4-2)16(25)12-7-5-8-18(12)10-20/h10-12H,3-9H2,1-2H3,(H,17,24)(H,21,22). The molecule has 0 radical (unpaired) electrons. The Kier molecular flexibility index (Phi) is 8.03. The molecule has 0 bridgehead atoms. The Labute approximate surface area is 146 Å². The van der Waals surface area contributed by atoms with Crippen molar-refractivity contribution in [1.82, 2.24) is 15.1 Å². The number of Topliss-reactive ketones (excluding diaryl/α,β-unsaturated/α-hetero) is 1. The molecule has 2 unspecified atom stereocenters. The lowest BCUT2D eigenvalue weighted by atomic mass is 10.0. The lowest BCUT2D eigenvalue weighted by molar-refractivity contribution is -0.149. The summed E-state index contributed by atoms with van der Waals surface area (Å²) in [4.78, 5) is 61.5. The van der Waals surface area contributed by atoms with Crippen LogP contribution in [0.3, 0.4) is 0 Å². The molecule has 9 nitrogen and oxygen atoms in total. The molecule has 0 aromatic carbocycles. The van der Waals surface area contributed by atoms with Crippen molar-refractivity contribution in [3.8, 4) is 0 Å². The average molecular weight is 355 g/mol. The van der Waals surface area contributed by atoms with Gasteiger partial charge in [-0.05, 0) is 26.2 Å². The summed E-state index contributed by atoms with van der Waals surface area (Å²) in [6.07, 6.45) is 2.70. The molecule has 25 heavy (non-hydrogen) atoms. The number of carboxylic acids is 1. The first kappa shape index (κ1) is 20.6. The van der Waals surface area contributed by atoms with Crippen molar-refractivity contribution >= 4 is 30.0 Å². The van der Waals surface area contributed by atoms with Crippen molar-refractivity contribution in [2.45, 2.75) is 51.6 Å². The number of hydrogen-bond acceptors (Lipinski definition) is 5. The molecule has 0 spiro atoms. The Balaban J connectivity index is 2.93. The molecule has 0 aromatic rings. The number of carbonyl (C=O) groups is 5. The second kappa shape index (κ2) is 9.75. The zero-order valence-electron chi connectivity index (χ0n) is 14.6. The van der Waals surface area contributed by atoms with E-state index in [1.165, 1.54) is 9.80 Å². The van der Waals surface area contributed by atoms with Crippen molar-refractivity contribution in [1.29, 1.82) is 0 Å². The topological polar surface area (TPSA) is 124 Å². The molecule has 0 aliphatic carbocycles. The van der Waals surface area contributed by atoms with E-state index >= 15 is 0 Å². The Morgan fingerprint density at radius 1 is 1.32 bits per heavy atom. The second-order valence-corrected chi connectivity index (χ2v) is 5.87. The number of likely N-dealkylation sites (tertiary alicyclic amines) is 1. The summed E-state index contributed by atoms with van der Waals surface area (Å²) >= 11 is 0. The summed E-state index contributed by atoms with van der Waals surface area (Å²) < 4.78 is 0. The number of nitrogens with zero attached hydrogens (tertiary/aromatic N) is 2. The number of aliphatic carboxylic acids is 1. The van der Waals surface area contributed by atoms with Gasteiger partial charge >= 0.3 is 5.97 Å². The molecule has 1 heterocycles. The maximum absolute atomic E-state index is 12.8. The fourth-order valence-corrected chi connectivity index (χ4v) is 3.00. The van der Waals surface area contributed by atoms with Gasteiger partial charge in [-0.15, -0.1) is 0 Å². The van der Waals surface area contributed by atoms with E-state index in [2.05, 4.69) is 0 Å². The fraction of sp³-hybridized carbons (Fsp3) is 0.688. The van der Waals surface area contributed by atoms with Gasteiger partial charge in [0.1, 0.15) is 18.6 Å². The number of ketones is 1. The Bertz CT molecular complexity index is 536. The van der Waals surface area contributed by atoms with Crippen LogP contribution >= 0.6 is 0 Å². The molecule has 1 aliphatic heterocycles. The maximum atomic E-state index is 12.8. The molecular weight excluding hydrogens is 330 g/mol. The van der Waals surface area contributed by atoms with Gasteiger partial charge in [-0.25, -0.2) is 0 Å².